The molecule has 37 heavy (non-hydrogen) atoms. The summed E-state index contributed by atoms with van der Waals surface area (Å²) in [4.78, 5) is 25.8. The summed E-state index contributed by atoms with van der Waals surface area (Å²) in [5, 5.41) is 81.7. The number of benzene rings is 2. The Morgan fingerprint density at radius 2 is 1.70 bits per heavy atom. The van der Waals surface area contributed by atoms with Gasteiger partial charge in [0.15, 0.2) is 17.3 Å². The summed E-state index contributed by atoms with van der Waals surface area (Å²) in [6, 6.07) is 6.67. The molecule has 2 aliphatic rings. The van der Waals surface area contributed by atoms with Crippen LogP contribution in [-0.4, -0.2) is 88.7 Å². The van der Waals surface area contributed by atoms with Crippen molar-refractivity contribution < 1.29 is 64.3 Å². The highest BCUT2D eigenvalue weighted by atomic mass is 16.7. The largest absolute Gasteiger partial charge is 0.507 e. The lowest BCUT2D eigenvalue weighted by Crippen LogP contribution is -2.76. The maximum Gasteiger partial charge on any atom is 0.402 e. The molecule has 1 saturated heterocycles. The number of aliphatic hydroxyl groups is 4. The van der Waals surface area contributed by atoms with Crippen LogP contribution in [0.4, 0.5) is 0 Å². The van der Waals surface area contributed by atoms with Crippen LogP contribution in [0.3, 0.4) is 0 Å². The zero-order valence-electron chi connectivity index (χ0n) is 18.7. The lowest BCUT2D eigenvalue weighted by atomic mass is 9.80. The van der Waals surface area contributed by atoms with Crippen molar-refractivity contribution in [3.63, 3.8) is 0 Å². The molecule has 0 amide bonds. The van der Waals surface area contributed by atoms with Crippen LogP contribution in [0.5, 0.6) is 28.7 Å². The minimum atomic E-state index is -3.10. The predicted molar refractivity (Wildman–Crippen MR) is 120 cm³/mol. The third-order valence-corrected chi connectivity index (χ3v) is 6.55. The van der Waals surface area contributed by atoms with Gasteiger partial charge in [-0.05, 0) is 12.1 Å². The standard InChI is InChI=1S/C24H20O13/c25-8-17-20(32)22(33)23(34)18(30)7-19(31)24(23,37-17)36-16-6-11-13(28)4-10(26)5-15(11)35-21(16)9-1-2-12(27)14(29)3-9/h1-6,17,20,22,25,32-34H,7-8H2,(H3-,26,27,28,29)/p+1/t17-,20-,22+,23-,24?/m1/s1. The maximum atomic E-state index is 13.1. The summed E-state index contributed by atoms with van der Waals surface area (Å²) in [5.41, 5.74) is -3.17. The molecule has 0 bridgehead atoms. The molecule has 1 saturated carbocycles. The Bertz CT molecular complexity index is 1450. The van der Waals surface area contributed by atoms with Gasteiger partial charge in [0.25, 0.3) is 0 Å². The lowest BCUT2D eigenvalue weighted by molar-refractivity contribution is -0.340. The zero-order valence-corrected chi connectivity index (χ0v) is 18.7. The van der Waals surface area contributed by atoms with Crippen LogP contribution >= 0.6 is 0 Å². The average molecular weight is 517 g/mol. The zero-order chi connectivity index (χ0) is 26.9. The van der Waals surface area contributed by atoms with Crippen LogP contribution in [0, 0.1) is 0 Å². The van der Waals surface area contributed by atoms with Crippen molar-refractivity contribution in [2.24, 2.45) is 0 Å². The van der Waals surface area contributed by atoms with E-state index in [1.165, 1.54) is 6.07 Å². The first kappa shape index (κ1) is 24.7. The van der Waals surface area contributed by atoms with Gasteiger partial charge in [0.1, 0.15) is 35.2 Å². The molecule has 13 heteroatoms. The fraction of sp³-hybridized carbons (Fsp3) is 0.292. The van der Waals surface area contributed by atoms with E-state index in [-0.39, 0.29) is 28.0 Å². The third kappa shape index (κ3) is 3.40. The summed E-state index contributed by atoms with van der Waals surface area (Å²) >= 11 is 0. The fourth-order valence-electron chi connectivity index (χ4n) is 4.63. The topological polar surface area (TPSA) is 226 Å². The number of phenols is 4. The van der Waals surface area contributed by atoms with E-state index in [1.54, 1.807) is 0 Å². The number of ether oxygens (including phenoxy) is 2. The van der Waals surface area contributed by atoms with Gasteiger partial charge >= 0.3 is 17.1 Å². The lowest BCUT2D eigenvalue weighted by Gasteiger charge is -2.49. The Morgan fingerprint density at radius 1 is 0.973 bits per heavy atom. The van der Waals surface area contributed by atoms with Crippen LogP contribution < -0.4 is 4.74 Å². The van der Waals surface area contributed by atoms with Crippen molar-refractivity contribution in [3.8, 4) is 40.1 Å². The molecular weight excluding hydrogens is 496 g/mol. The number of hydrogen-bond acceptors (Lipinski definition) is 12. The van der Waals surface area contributed by atoms with E-state index in [9.17, 15) is 50.4 Å². The Balaban J connectivity index is 1.77. The third-order valence-electron chi connectivity index (χ3n) is 6.55. The molecule has 1 unspecified atom stereocenters. The number of phenolic OH excluding ortho intramolecular Hbond substituents is 4. The number of aromatic hydroxyl groups is 4. The van der Waals surface area contributed by atoms with E-state index in [4.69, 9.17) is 13.9 Å². The summed E-state index contributed by atoms with van der Waals surface area (Å²) in [5.74, 6) is -7.98. The number of fused-ring (bicyclic) bond motifs is 2. The molecule has 1 aliphatic heterocycles. The molecule has 0 radical (unpaired) electrons. The number of carbonyl (C=O) groups excluding carboxylic acids is 2. The first-order valence-electron chi connectivity index (χ1n) is 10.9. The maximum absolute atomic E-state index is 13.1. The van der Waals surface area contributed by atoms with E-state index >= 15 is 0 Å². The van der Waals surface area contributed by atoms with Crippen LogP contribution in [0.15, 0.2) is 40.8 Å². The first-order chi connectivity index (χ1) is 17.4. The quantitative estimate of drug-likeness (QED) is 0.126. The second-order valence-corrected chi connectivity index (χ2v) is 8.80. The van der Waals surface area contributed by atoms with Gasteiger partial charge in [0, 0.05) is 18.2 Å². The minimum Gasteiger partial charge on any atom is -0.507 e. The van der Waals surface area contributed by atoms with Gasteiger partial charge in [-0.2, -0.15) is 0 Å². The molecule has 2 heterocycles. The Morgan fingerprint density at radius 3 is 2.38 bits per heavy atom. The Labute approximate surface area is 206 Å². The van der Waals surface area contributed by atoms with Crippen molar-refractivity contribution in [1.82, 2.24) is 0 Å². The molecule has 194 valence electrons. The van der Waals surface area contributed by atoms with Crippen molar-refractivity contribution in [3.05, 3.63) is 36.4 Å². The summed E-state index contributed by atoms with van der Waals surface area (Å²) in [6.45, 7) is -0.929. The minimum absolute atomic E-state index is 0.0295. The van der Waals surface area contributed by atoms with E-state index in [1.807, 2.05) is 0 Å². The van der Waals surface area contributed by atoms with E-state index < -0.39 is 77.3 Å². The highest BCUT2D eigenvalue weighted by Gasteiger charge is 2.77. The second-order valence-electron chi connectivity index (χ2n) is 8.80. The van der Waals surface area contributed by atoms with Gasteiger partial charge in [0.2, 0.25) is 17.1 Å². The van der Waals surface area contributed by atoms with Gasteiger partial charge in [0.05, 0.1) is 24.7 Å². The van der Waals surface area contributed by atoms with E-state index in [0.717, 1.165) is 30.3 Å². The first-order valence-corrected chi connectivity index (χ1v) is 10.9. The monoisotopic (exact) mass is 517 g/mol. The summed E-state index contributed by atoms with van der Waals surface area (Å²) < 4.78 is 17.1. The molecule has 2 fully saturated rings. The molecule has 5 atom stereocenters. The number of carbonyl (C=O) groups is 2. The van der Waals surface area contributed by atoms with Crippen LogP contribution in [0.1, 0.15) is 6.42 Å². The Hall–Kier alpha value is -4.01. The molecule has 8 N–H and O–H groups in total. The van der Waals surface area contributed by atoms with Crippen molar-refractivity contribution in [2.75, 3.05) is 6.61 Å². The molecular formula is C24H21O13+. The van der Waals surface area contributed by atoms with Crippen molar-refractivity contribution in [1.29, 1.82) is 0 Å². The smallest absolute Gasteiger partial charge is 0.402 e. The number of aliphatic hydroxyl groups excluding tert-OH is 3. The number of rotatable bonds is 4. The van der Waals surface area contributed by atoms with Crippen molar-refractivity contribution in [2.45, 2.75) is 36.1 Å². The van der Waals surface area contributed by atoms with Gasteiger partial charge in [-0.1, -0.05) is 0 Å². The number of hydrogen-bond donors (Lipinski definition) is 8. The normalized spacial score (nSPS) is 29.5. The van der Waals surface area contributed by atoms with Crippen LogP contribution in [0.25, 0.3) is 22.3 Å². The Kier molecular flexibility index (Phi) is 5.51. The molecule has 1 aromatic heterocycles. The summed E-state index contributed by atoms with van der Waals surface area (Å²) in [6.07, 6.45) is -6.88. The van der Waals surface area contributed by atoms with Gasteiger partial charge in [-0.15, -0.1) is 0 Å². The molecule has 13 nitrogen and oxygen atoms in total. The fourth-order valence-corrected chi connectivity index (χ4v) is 4.63. The molecule has 2 aromatic carbocycles. The highest BCUT2D eigenvalue weighted by molar-refractivity contribution is 6.16. The van der Waals surface area contributed by atoms with Crippen LogP contribution in [-0.2, 0) is 14.3 Å². The molecule has 0 spiro atoms. The van der Waals surface area contributed by atoms with Crippen LogP contribution in [0.2, 0.25) is 0 Å². The average Bonchev–Trinajstić information content (AvgIpc) is 3.04. The van der Waals surface area contributed by atoms with E-state index in [2.05, 4.69) is 0 Å². The SMILES string of the molecule is O=C1CC(=O)[C@@]2(O)[C@@H](O)[C@H](O)[C@@H](CO)OC12Oc1cc2c(O)cc(O)cc2[o+]c1-c1ccc(O)c(O)c1. The summed E-state index contributed by atoms with van der Waals surface area (Å²) in [7, 11) is 0. The highest BCUT2D eigenvalue weighted by Crippen LogP contribution is 2.49. The van der Waals surface area contributed by atoms with Gasteiger partial charge in [-0.25, -0.2) is 4.42 Å². The van der Waals surface area contributed by atoms with Gasteiger partial charge in [-0.3, -0.25) is 9.59 Å². The van der Waals surface area contributed by atoms with Gasteiger partial charge < -0.3 is 50.3 Å². The number of ketones is 2. The molecule has 1 aliphatic carbocycles. The van der Waals surface area contributed by atoms with Crippen molar-refractivity contribution >= 4 is 22.5 Å². The van der Waals surface area contributed by atoms with E-state index in [0.29, 0.717) is 0 Å². The predicted octanol–water partition coefficient (Wildman–Crippen LogP) is -0.336. The second kappa shape index (κ2) is 8.26. The number of Topliss-reactive ketones (excluding diaryl/α,β-unsaturated/α-hetero) is 2. The molecule has 3 aromatic rings. The molecule has 5 rings (SSSR count).